The molecule has 0 saturated heterocycles. The molecule has 9 heteroatoms. The second-order valence-corrected chi connectivity index (χ2v) is 2.72. The van der Waals surface area contributed by atoms with E-state index in [1.165, 1.54) is 0 Å². The molecule has 90 valence electrons. The summed E-state index contributed by atoms with van der Waals surface area (Å²) in [5.74, 6) is -3.06. The molecule has 0 rings (SSSR count). The molecule has 2 amide bonds. The van der Waals surface area contributed by atoms with Crippen LogP contribution in [0.15, 0.2) is 0 Å². The summed E-state index contributed by atoms with van der Waals surface area (Å²) in [6.07, 6.45) is -5.20. The Morgan fingerprint density at radius 1 is 0.938 bits per heavy atom. The first-order chi connectivity index (χ1) is 7.27. The lowest BCUT2D eigenvalue weighted by Gasteiger charge is -2.20. The Bertz CT molecular complexity index is 310. The molecule has 0 aliphatic carbocycles. The Balaban J connectivity index is 4.86. The minimum absolute atomic E-state index is 0.342. The zero-order valence-electron chi connectivity index (χ0n) is 7.86. The number of carbonyl (C=O) groups is 4. The van der Waals surface area contributed by atoms with Crippen LogP contribution in [0, 0.1) is 0 Å². The van der Waals surface area contributed by atoms with Crippen LogP contribution < -0.4 is 0 Å². The molecular weight excluding hydrogens is 226 g/mol. The van der Waals surface area contributed by atoms with Gasteiger partial charge in [0.1, 0.15) is 6.04 Å². The van der Waals surface area contributed by atoms with Gasteiger partial charge in [0.15, 0.2) is 0 Å². The third-order valence-corrected chi connectivity index (χ3v) is 1.64. The highest BCUT2D eigenvalue weighted by Gasteiger charge is 2.34. The maximum atomic E-state index is 10.6. The minimum Gasteiger partial charge on any atom is -0.481 e. The van der Waals surface area contributed by atoms with Crippen LogP contribution in [0.2, 0.25) is 0 Å². The van der Waals surface area contributed by atoms with E-state index < -0.39 is 43.0 Å². The third kappa shape index (κ3) is 3.82. The van der Waals surface area contributed by atoms with Crippen molar-refractivity contribution >= 4 is 24.1 Å². The minimum atomic E-state index is -1.97. The summed E-state index contributed by atoms with van der Waals surface area (Å²) in [7, 11) is 0. The van der Waals surface area contributed by atoms with E-state index in [1.807, 2.05) is 0 Å². The average molecular weight is 235 g/mol. The van der Waals surface area contributed by atoms with E-state index in [0.717, 1.165) is 0 Å². The fourth-order valence-corrected chi connectivity index (χ4v) is 0.972. The lowest BCUT2D eigenvalue weighted by Crippen LogP contribution is -2.47. The van der Waals surface area contributed by atoms with Crippen LogP contribution in [0.4, 0.5) is 9.59 Å². The molecule has 0 aromatic carbocycles. The number of amides is 2. The van der Waals surface area contributed by atoms with E-state index in [4.69, 9.17) is 20.4 Å². The fraction of sp³-hybridized carbons (Fsp3) is 0.429. The molecule has 0 aromatic rings. The van der Waals surface area contributed by atoms with Crippen LogP contribution in [-0.2, 0) is 9.59 Å². The quantitative estimate of drug-likeness (QED) is 0.517. The molecule has 0 unspecified atom stereocenters. The van der Waals surface area contributed by atoms with Crippen molar-refractivity contribution in [3.63, 3.8) is 0 Å². The Morgan fingerprint density at radius 3 is 1.62 bits per heavy atom. The van der Waals surface area contributed by atoms with Crippen LogP contribution in [0.5, 0.6) is 0 Å². The first kappa shape index (κ1) is 13.7. The monoisotopic (exact) mass is 235 g/mol. The highest BCUT2D eigenvalue weighted by atomic mass is 16.4. The van der Waals surface area contributed by atoms with Gasteiger partial charge in [0, 0.05) is 6.42 Å². The van der Waals surface area contributed by atoms with Gasteiger partial charge >= 0.3 is 24.1 Å². The predicted octanol–water partition coefficient (Wildman–Crippen LogP) is -0.0376. The number of imide groups is 1. The van der Waals surface area contributed by atoms with Gasteiger partial charge in [-0.1, -0.05) is 0 Å². The number of hydrogen-bond acceptors (Lipinski definition) is 4. The zero-order valence-corrected chi connectivity index (χ0v) is 7.86. The molecule has 0 aliphatic rings. The highest BCUT2D eigenvalue weighted by molar-refractivity contribution is 5.92. The third-order valence-electron chi connectivity index (χ3n) is 1.64. The van der Waals surface area contributed by atoms with Crippen molar-refractivity contribution in [2.75, 3.05) is 0 Å². The normalized spacial score (nSPS) is 11.5. The van der Waals surface area contributed by atoms with E-state index in [-0.39, 0.29) is 4.90 Å². The number of hydrogen-bond donors (Lipinski definition) is 4. The van der Waals surface area contributed by atoms with Gasteiger partial charge < -0.3 is 20.4 Å². The van der Waals surface area contributed by atoms with Crippen molar-refractivity contribution in [3.8, 4) is 0 Å². The smallest absolute Gasteiger partial charge is 0.417 e. The largest absolute Gasteiger partial charge is 0.481 e. The molecule has 16 heavy (non-hydrogen) atoms. The fourth-order valence-electron chi connectivity index (χ4n) is 0.972. The first-order valence-corrected chi connectivity index (χ1v) is 3.97. The zero-order chi connectivity index (χ0) is 12.9. The Morgan fingerprint density at radius 2 is 1.38 bits per heavy atom. The summed E-state index contributed by atoms with van der Waals surface area (Å²) in [4.78, 5) is 41.4. The SMILES string of the molecule is O=C(O)CC[C@@H](C(=O)O)N(C(=O)O)C(=O)O. The van der Waals surface area contributed by atoms with Crippen LogP contribution in [0.3, 0.4) is 0 Å². The van der Waals surface area contributed by atoms with Crippen molar-refractivity contribution in [1.29, 1.82) is 0 Å². The summed E-state index contributed by atoms with van der Waals surface area (Å²) in [6.45, 7) is 0. The lowest BCUT2D eigenvalue weighted by molar-refractivity contribution is -0.143. The second-order valence-electron chi connectivity index (χ2n) is 2.72. The van der Waals surface area contributed by atoms with E-state index in [1.54, 1.807) is 0 Å². The molecule has 0 bridgehead atoms. The number of aliphatic carboxylic acids is 2. The maximum Gasteiger partial charge on any atom is 0.417 e. The van der Waals surface area contributed by atoms with E-state index >= 15 is 0 Å². The molecule has 9 nitrogen and oxygen atoms in total. The molecule has 0 radical (unpaired) electrons. The molecule has 0 saturated carbocycles. The van der Waals surface area contributed by atoms with Crippen LogP contribution in [-0.4, -0.2) is 55.5 Å². The van der Waals surface area contributed by atoms with Gasteiger partial charge in [0.25, 0.3) is 0 Å². The Kier molecular flexibility index (Phi) is 4.73. The molecule has 0 heterocycles. The van der Waals surface area contributed by atoms with E-state index in [2.05, 4.69) is 0 Å². The van der Waals surface area contributed by atoms with Crippen molar-refractivity contribution in [2.45, 2.75) is 18.9 Å². The average Bonchev–Trinajstić information content (AvgIpc) is 2.09. The summed E-state index contributed by atoms with van der Waals surface area (Å²) >= 11 is 0. The summed E-state index contributed by atoms with van der Waals surface area (Å²) < 4.78 is 0. The number of carboxylic acids is 2. The van der Waals surface area contributed by atoms with Gasteiger partial charge in [-0.15, -0.1) is 0 Å². The highest BCUT2D eigenvalue weighted by Crippen LogP contribution is 2.09. The van der Waals surface area contributed by atoms with Crippen molar-refractivity contribution in [3.05, 3.63) is 0 Å². The summed E-state index contributed by atoms with van der Waals surface area (Å²) in [6, 6.07) is -1.92. The first-order valence-electron chi connectivity index (χ1n) is 3.97. The van der Waals surface area contributed by atoms with Gasteiger partial charge in [-0.2, -0.15) is 4.90 Å². The topological polar surface area (TPSA) is 152 Å². The standard InChI is InChI=1S/C7H9NO8/c9-4(10)2-1-3(5(11)12)8(6(13)14)7(15)16/h3H,1-2H2,(H,9,10)(H,11,12)(H,13,14)(H,15,16)/t3-/m0/s1. The molecule has 0 aromatic heterocycles. The molecule has 4 N–H and O–H groups in total. The van der Waals surface area contributed by atoms with Gasteiger partial charge in [-0.05, 0) is 6.42 Å². The molecular formula is C7H9NO8. The van der Waals surface area contributed by atoms with Gasteiger partial charge in [0.2, 0.25) is 0 Å². The molecule has 0 aliphatic heterocycles. The van der Waals surface area contributed by atoms with Crippen molar-refractivity contribution < 1.29 is 39.6 Å². The summed E-state index contributed by atoms with van der Waals surface area (Å²) in [5, 5.41) is 33.8. The molecule has 0 spiro atoms. The van der Waals surface area contributed by atoms with E-state index in [0.29, 0.717) is 0 Å². The van der Waals surface area contributed by atoms with Crippen LogP contribution >= 0.6 is 0 Å². The number of nitrogens with zero attached hydrogens (tertiary/aromatic N) is 1. The van der Waals surface area contributed by atoms with Crippen LogP contribution in [0.1, 0.15) is 12.8 Å². The molecule has 0 fully saturated rings. The van der Waals surface area contributed by atoms with Gasteiger partial charge in [-0.3, -0.25) is 4.79 Å². The second kappa shape index (κ2) is 5.53. The summed E-state index contributed by atoms with van der Waals surface area (Å²) in [5.41, 5.74) is 0. The maximum absolute atomic E-state index is 10.6. The van der Waals surface area contributed by atoms with Crippen LogP contribution in [0.25, 0.3) is 0 Å². The Labute approximate surface area is 88.5 Å². The van der Waals surface area contributed by atoms with E-state index in [9.17, 15) is 19.2 Å². The molecule has 1 atom stereocenters. The predicted molar refractivity (Wildman–Crippen MR) is 46.2 cm³/mol. The number of rotatable bonds is 5. The van der Waals surface area contributed by atoms with Crippen molar-refractivity contribution in [1.82, 2.24) is 4.90 Å². The Hall–Kier alpha value is -2.32. The van der Waals surface area contributed by atoms with Gasteiger partial charge in [-0.25, -0.2) is 14.4 Å². The number of carboxylic acid groups (broad SMARTS) is 4. The van der Waals surface area contributed by atoms with Crippen molar-refractivity contribution in [2.24, 2.45) is 0 Å². The lowest BCUT2D eigenvalue weighted by atomic mass is 10.1. The van der Waals surface area contributed by atoms with Gasteiger partial charge in [0.05, 0.1) is 0 Å².